The molecule has 0 spiro atoms. The number of benzene rings is 2. The van der Waals surface area contributed by atoms with Crippen LogP contribution in [0.4, 0.5) is 0 Å². The highest BCUT2D eigenvalue weighted by molar-refractivity contribution is 9.10. The van der Waals surface area contributed by atoms with Crippen LogP contribution < -0.4 is 10.1 Å². The number of hydrogen-bond acceptors (Lipinski definition) is 3. The van der Waals surface area contributed by atoms with Crippen molar-refractivity contribution in [3.8, 4) is 5.75 Å². The van der Waals surface area contributed by atoms with Gasteiger partial charge in [-0.2, -0.15) is 0 Å². The summed E-state index contributed by atoms with van der Waals surface area (Å²) in [5.74, 6) is 0.127. The summed E-state index contributed by atoms with van der Waals surface area (Å²) in [7, 11) is 0. The van der Waals surface area contributed by atoms with Crippen molar-refractivity contribution in [3.63, 3.8) is 0 Å². The summed E-state index contributed by atoms with van der Waals surface area (Å²) in [6.07, 6.45) is 4.72. The topological polar surface area (TPSA) is 58.6 Å². The maximum atomic E-state index is 13.3. The monoisotopic (exact) mass is 540 g/mol. The van der Waals surface area contributed by atoms with Crippen LogP contribution in [0.1, 0.15) is 44.6 Å². The molecule has 0 bridgehead atoms. The van der Waals surface area contributed by atoms with E-state index in [0.717, 1.165) is 31.2 Å². The van der Waals surface area contributed by atoms with E-state index in [-0.39, 0.29) is 31.0 Å². The molecule has 0 saturated heterocycles. The molecular formula is C24H27BrCl2N2O3. The molecule has 1 aliphatic rings. The van der Waals surface area contributed by atoms with E-state index in [4.69, 9.17) is 27.9 Å². The van der Waals surface area contributed by atoms with Gasteiger partial charge in [-0.3, -0.25) is 9.59 Å². The Hall–Kier alpha value is -1.76. The highest BCUT2D eigenvalue weighted by atomic mass is 79.9. The molecule has 0 aromatic heterocycles. The van der Waals surface area contributed by atoms with E-state index in [1.165, 1.54) is 0 Å². The van der Waals surface area contributed by atoms with Gasteiger partial charge in [0.05, 0.1) is 4.47 Å². The van der Waals surface area contributed by atoms with Crippen molar-refractivity contribution in [3.05, 3.63) is 62.5 Å². The number of halogens is 3. The standard InChI is InChI=1S/C24H27BrCl2N2O3/c1-2-21(24(31)28-19-5-3-4-6-19)29(14-16-7-9-17(26)10-8-16)23(30)15-32-22-12-11-18(27)13-20(22)25/h7-13,19,21H,2-6,14-15H2,1H3,(H,28,31)/t21-/m1/s1. The van der Waals surface area contributed by atoms with E-state index < -0.39 is 6.04 Å². The molecule has 3 rings (SSSR count). The van der Waals surface area contributed by atoms with Gasteiger partial charge in [0.1, 0.15) is 11.8 Å². The number of rotatable bonds is 9. The first kappa shape index (κ1) is 24.9. The van der Waals surface area contributed by atoms with Crippen molar-refractivity contribution in [2.45, 2.75) is 57.7 Å². The van der Waals surface area contributed by atoms with Crippen molar-refractivity contribution in [1.29, 1.82) is 0 Å². The Labute approximate surface area is 207 Å². The molecule has 0 radical (unpaired) electrons. The molecule has 2 aromatic carbocycles. The highest BCUT2D eigenvalue weighted by Gasteiger charge is 2.31. The van der Waals surface area contributed by atoms with Crippen molar-refractivity contribution in [2.75, 3.05) is 6.61 Å². The number of hydrogen-bond donors (Lipinski definition) is 1. The van der Waals surface area contributed by atoms with Crippen LogP contribution in [-0.4, -0.2) is 35.4 Å². The SMILES string of the molecule is CC[C@H](C(=O)NC1CCCC1)N(Cc1ccc(Cl)cc1)C(=O)COc1ccc(Cl)cc1Br. The van der Waals surface area contributed by atoms with E-state index in [1.54, 1.807) is 35.2 Å². The van der Waals surface area contributed by atoms with Gasteiger partial charge in [-0.15, -0.1) is 0 Å². The van der Waals surface area contributed by atoms with E-state index in [0.29, 0.717) is 26.7 Å². The summed E-state index contributed by atoms with van der Waals surface area (Å²) in [5, 5.41) is 4.32. The molecule has 2 aromatic rings. The average Bonchev–Trinajstić information content (AvgIpc) is 3.27. The minimum atomic E-state index is -0.587. The predicted octanol–water partition coefficient (Wildman–Crippen LogP) is 6.00. The van der Waals surface area contributed by atoms with Crippen LogP contribution in [0.3, 0.4) is 0 Å². The fraction of sp³-hybridized carbons (Fsp3) is 0.417. The van der Waals surface area contributed by atoms with Crippen LogP contribution in [0.5, 0.6) is 5.75 Å². The lowest BCUT2D eigenvalue weighted by molar-refractivity contribution is -0.143. The zero-order valence-electron chi connectivity index (χ0n) is 18.0. The normalized spacial score (nSPS) is 14.8. The van der Waals surface area contributed by atoms with E-state index in [1.807, 2.05) is 19.1 Å². The van der Waals surface area contributed by atoms with Gasteiger partial charge in [0.25, 0.3) is 5.91 Å². The lowest BCUT2D eigenvalue weighted by Gasteiger charge is -2.31. The maximum Gasteiger partial charge on any atom is 0.261 e. The Balaban J connectivity index is 1.76. The van der Waals surface area contributed by atoms with Crippen LogP contribution >= 0.6 is 39.1 Å². The lowest BCUT2D eigenvalue weighted by atomic mass is 10.1. The van der Waals surface area contributed by atoms with Gasteiger partial charge >= 0.3 is 0 Å². The average molecular weight is 542 g/mol. The van der Waals surface area contributed by atoms with Crippen LogP contribution in [0.25, 0.3) is 0 Å². The first-order valence-electron chi connectivity index (χ1n) is 10.8. The van der Waals surface area contributed by atoms with E-state index in [2.05, 4.69) is 21.2 Å². The Kier molecular flexibility index (Phi) is 9.26. The molecule has 32 heavy (non-hydrogen) atoms. The molecule has 0 aliphatic heterocycles. The summed E-state index contributed by atoms with van der Waals surface area (Å²) < 4.78 is 6.41. The van der Waals surface area contributed by atoms with Crippen molar-refractivity contribution >= 4 is 50.9 Å². The van der Waals surface area contributed by atoms with Crippen LogP contribution in [0.2, 0.25) is 10.0 Å². The summed E-state index contributed by atoms with van der Waals surface area (Å²) in [6, 6.07) is 12.0. The fourth-order valence-electron chi connectivity index (χ4n) is 3.89. The van der Waals surface area contributed by atoms with Gasteiger partial charge in [0.2, 0.25) is 5.91 Å². The summed E-state index contributed by atoms with van der Waals surface area (Å²) in [6.45, 7) is 2.01. The largest absolute Gasteiger partial charge is 0.483 e. The van der Waals surface area contributed by atoms with Crippen molar-refractivity contribution in [2.24, 2.45) is 0 Å². The summed E-state index contributed by atoms with van der Waals surface area (Å²) >= 11 is 15.4. The van der Waals surface area contributed by atoms with Gasteiger partial charge in [-0.1, -0.05) is 55.1 Å². The van der Waals surface area contributed by atoms with E-state index in [9.17, 15) is 9.59 Å². The Bertz CT molecular complexity index is 933. The zero-order valence-corrected chi connectivity index (χ0v) is 21.0. The first-order chi connectivity index (χ1) is 15.4. The molecular weight excluding hydrogens is 515 g/mol. The smallest absolute Gasteiger partial charge is 0.261 e. The van der Waals surface area contributed by atoms with Gasteiger partial charge in [-0.05, 0) is 71.1 Å². The lowest BCUT2D eigenvalue weighted by Crippen LogP contribution is -2.52. The predicted molar refractivity (Wildman–Crippen MR) is 131 cm³/mol. The number of ether oxygens (including phenoxy) is 1. The van der Waals surface area contributed by atoms with Crippen molar-refractivity contribution < 1.29 is 14.3 Å². The summed E-state index contributed by atoms with van der Waals surface area (Å²) in [4.78, 5) is 28.0. The number of nitrogens with one attached hydrogen (secondary N) is 1. The highest BCUT2D eigenvalue weighted by Crippen LogP contribution is 2.28. The molecule has 172 valence electrons. The Morgan fingerprint density at radius 3 is 2.41 bits per heavy atom. The first-order valence-corrected chi connectivity index (χ1v) is 12.3. The van der Waals surface area contributed by atoms with Gasteiger partial charge < -0.3 is 15.0 Å². The number of nitrogens with zero attached hydrogens (tertiary/aromatic N) is 1. The van der Waals surface area contributed by atoms with Gasteiger partial charge in [-0.25, -0.2) is 0 Å². The maximum absolute atomic E-state index is 13.3. The molecule has 0 heterocycles. The van der Waals surface area contributed by atoms with Crippen LogP contribution in [0.15, 0.2) is 46.9 Å². The van der Waals surface area contributed by atoms with Gasteiger partial charge in [0, 0.05) is 22.6 Å². The molecule has 1 fully saturated rings. The molecule has 8 heteroatoms. The zero-order chi connectivity index (χ0) is 23.1. The summed E-state index contributed by atoms with van der Waals surface area (Å²) in [5.41, 5.74) is 0.891. The van der Waals surface area contributed by atoms with Crippen molar-refractivity contribution in [1.82, 2.24) is 10.2 Å². The quantitative estimate of drug-likeness (QED) is 0.423. The molecule has 5 nitrogen and oxygen atoms in total. The number of carbonyl (C=O) groups is 2. The molecule has 2 amide bonds. The number of amides is 2. The molecule has 0 unspecified atom stereocenters. The second-order valence-corrected chi connectivity index (χ2v) is 9.65. The second kappa shape index (κ2) is 11.9. The Morgan fingerprint density at radius 2 is 1.78 bits per heavy atom. The molecule has 1 saturated carbocycles. The van der Waals surface area contributed by atoms with Crippen LogP contribution in [-0.2, 0) is 16.1 Å². The third-order valence-electron chi connectivity index (χ3n) is 5.60. The minimum absolute atomic E-state index is 0.116. The minimum Gasteiger partial charge on any atom is -0.483 e. The third-order valence-corrected chi connectivity index (χ3v) is 6.71. The van der Waals surface area contributed by atoms with Crippen LogP contribution in [0, 0.1) is 0 Å². The molecule has 1 atom stereocenters. The second-order valence-electron chi connectivity index (χ2n) is 7.93. The molecule has 1 aliphatic carbocycles. The number of carbonyl (C=O) groups excluding carboxylic acids is 2. The van der Waals surface area contributed by atoms with Gasteiger partial charge in [0.15, 0.2) is 6.61 Å². The molecule has 1 N–H and O–H groups in total. The van der Waals surface area contributed by atoms with E-state index >= 15 is 0 Å². The third kappa shape index (κ3) is 6.87. The fourth-order valence-corrected chi connectivity index (χ4v) is 4.81. The Morgan fingerprint density at radius 1 is 1.12 bits per heavy atom.